The maximum absolute atomic E-state index is 13.8. The van der Waals surface area contributed by atoms with Crippen LogP contribution in [-0.2, 0) is 16.0 Å². The Hall–Kier alpha value is -3.31. The molecule has 0 atom stereocenters. The molecular weight excluding hydrogens is 467 g/mol. The van der Waals surface area contributed by atoms with Crippen molar-refractivity contribution in [1.29, 1.82) is 0 Å². The first-order chi connectivity index (χ1) is 16.0. The normalized spacial score (nSPS) is 14.9. The first-order valence-corrected chi connectivity index (χ1v) is 11.8. The molecule has 0 spiro atoms. The van der Waals surface area contributed by atoms with Gasteiger partial charge < -0.3 is 9.84 Å². The van der Waals surface area contributed by atoms with Crippen LogP contribution in [0.1, 0.15) is 24.3 Å². The topological polar surface area (TPSA) is 105 Å². The van der Waals surface area contributed by atoms with E-state index < -0.39 is 17.0 Å². The molecule has 1 fully saturated rings. The molecule has 0 aliphatic carbocycles. The number of aromatic nitrogens is 2. The number of rotatable bonds is 9. The summed E-state index contributed by atoms with van der Waals surface area (Å²) >= 11 is 2.27. The van der Waals surface area contributed by atoms with Crippen LogP contribution in [0.5, 0.6) is 0 Å². The summed E-state index contributed by atoms with van der Waals surface area (Å²) in [5.41, 5.74) is 0.236. The summed E-state index contributed by atoms with van der Waals surface area (Å²) in [6.45, 7) is 0.172. The summed E-state index contributed by atoms with van der Waals surface area (Å²) in [7, 11) is 0. The van der Waals surface area contributed by atoms with Crippen LogP contribution in [0.3, 0.4) is 0 Å². The zero-order chi connectivity index (χ0) is 23.2. The van der Waals surface area contributed by atoms with Crippen molar-refractivity contribution in [3.63, 3.8) is 0 Å². The van der Waals surface area contributed by atoms with Gasteiger partial charge in [0.2, 0.25) is 17.6 Å². The van der Waals surface area contributed by atoms with Crippen molar-refractivity contribution in [2.24, 2.45) is 0 Å². The van der Waals surface area contributed by atoms with Crippen LogP contribution in [0.2, 0.25) is 0 Å². The largest absolute Gasteiger partial charge is 0.354 e. The molecule has 0 bridgehead atoms. The Bertz CT molecular complexity index is 1190. The van der Waals surface area contributed by atoms with Gasteiger partial charge in [-0.05, 0) is 41.8 Å². The van der Waals surface area contributed by atoms with E-state index in [0.29, 0.717) is 24.6 Å². The molecule has 1 N–H and O–H groups in total. The Balaban J connectivity index is 1.20. The van der Waals surface area contributed by atoms with Crippen molar-refractivity contribution < 1.29 is 23.3 Å². The lowest BCUT2D eigenvalue weighted by molar-refractivity contribution is -0.124. The predicted octanol–water partition coefficient (Wildman–Crippen LogP) is 4.11. The highest BCUT2D eigenvalue weighted by Crippen LogP contribution is 2.32. The third-order valence-electron chi connectivity index (χ3n) is 4.73. The van der Waals surface area contributed by atoms with Gasteiger partial charge in [0.25, 0.3) is 11.1 Å². The van der Waals surface area contributed by atoms with Gasteiger partial charge in [0.1, 0.15) is 5.82 Å². The summed E-state index contributed by atoms with van der Waals surface area (Å²) in [5.74, 6) is -0.182. The van der Waals surface area contributed by atoms with Gasteiger partial charge >= 0.3 is 0 Å². The van der Waals surface area contributed by atoms with E-state index in [0.717, 1.165) is 21.5 Å². The summed E-state index contributed by atoms with van der Waals surface area (Å²) in [6.07, 6.45) is 2.59. The molecule has 0 saturated carbocycles. The van der Waals surface area contributed by atoms with Crippen LogP contribution >= 0.6 is 23.1 Å². The van der Waals surface area contributed by atoms with Crippen molar-refractivity contribution in [2.45, 2.75) is 19.3 Å². The Labute approximate surface area is 196 Å². The highest BCUT2D eigenvalue weighted by atomic mass is 32.2. The van der Waals surface area contributed by atoms with Gasteiger partial charge in [0.05, 0.1) is 9.78 Å². The van der Waals surface area contributed by atoms with E-state index >= 15 is 0 Å². The van der Waals surface area contributed by atoms with Gasteiger partial charge in [-0.25, -0.2) is 4.39 Å². The van der Waals surface area contributed by atoms with Gasteiger partial charge in [-0.15, -0.1) is 11.3 Å². The van der Waals surface area contributed by atoms with Gasteiger partial charge in [-0.3, -0.25) is 19.3 Å². The smallest absolute Gasteiger partial charge is 0.293 e. The Morgan fingerprint density at radius 2 is 2.06 bits per heavy atom. The van der Waals surface area contributed by atoms with Crippen molar-refractivity contribution in [1.82, 2.24) is 20.4 Å². The number of aryl methyl sites for hydroxylation is 1. The van der Waals surface area contributed by atoms with E-state index in [9.17, 15) is 18.8 Å². The molecule has 3 heterocycles. The van der Waals surface area contributed by atoms with Crippen molar-refractivity contribution >= 4 is 46.2 Å². The second kappa shape index (κ2) is 10.5. The number of carbonyl (C=O) groups is 3. The minimum absolute atomic E-state index is 0.0405. The Morgan fingerprint density at radius 3 is 2.85 bits per heavy atom. The summed E-state index contributed by atoms with van der Waals surface area (Å²) in [4.78, 5) is 43.1. The summed E-state index contributed by atoms with van der Waals surface area (Å²) in [6, 6.07) is 9.82. The third-order valence-corrected chi connectivity index (χ3v) is 6.50. The molecule has 2 aromatic heterocycles. The summed E-state index contributed by atoms with van der Waals surface area (Å²) < 4.78 is 19.0. The first-order valence-electron chi connectivity index (χ1n) is 10.1. The number of hydrogen-bond donors (Lipinski definition) is 1. The zero-order valence-corrected chi connectivity index (χ0v) is 19.0. The number of thiophene rings is 1. The second-order valence-corrected chi connectivity index (χ2v) is 8.99. The molecular formula is C22H19FN4O4S2. The highest BCUT2D eigenvalue weighted by Gasteiger charge is 2.34. The van der Waals surface area contributed by atoms with E-state index in [1.54, 1.807) is 12.1 Å². The average Bonchev–Trinajstić information content (AvgIpc) is 3.53. The molecule has 170 valence electrons. The lowest BCUT2D eigenvalue weighted by Crippen LogP contribution is -2.37. The van der Waals surface area contributed by atoms with Crippen LogP contribution < -0.4 is 5.32 Å². The average molecular weight is 487 g/mol. The third kappa shape index (κ3) is 5.74. The lowest BCUT2D eigenvalue weighted by atomic mass is 10.2. The standard InChI is InChI=1S/C22H19FN4O4S2/c23-15-6-2-1-5-14(15)13-17-21(29)27(22(30)33-17)11-10-24-18(28)8-3-9-19-25-20(26-31-19)16-7-4-12-32-16/h1-2,4-7,12-13H,3,8-11H2,(H,24,28)/b17-13-. The Morgan fingerprint density at radius 1 is 1.21 bits per heavy atom. The van der Waals surface area contributed by atoms with Crippen molar-refractivity contribution in [3.8, 4) is 10.7 Å². The number of amides is 3. The van der Waals surface area contributed by atoms with E-state index in [2.05, 4.69) is 15.5 Å². The maximum atomic E-state index is 13.8. The van der Waals surface area contributed by atoms with Gasteiger partial charge in [-0.2, -0.15) is 4.98 Å². The van der Waals surface area contributed by atoms with Crippen LogP contribution in [0.4, 0.5) is 9.18 Å². The number of hydrogen-bond acceptors (Lipinski definition) is 8. The molecule has 33 heavy (non-hydrogen) atoms. The monoisotopic (exact) mass is 486 g/mol. The number of nitrogens with one attached hydrogen (secondary N) is 1. The molecule has 1 aliphatic heterocycles. The van der Waals surface area contributed by atoms with Crippen LogP contribution in [0, 0.1) is 5.82 Å². The number of nitrogens with zero attached hydrogens (tertiary/aromatic N) is 3. The molecule has 0 unspecified atom stereocenters. The number of thioether (sulfide) groups is 1. The lowest BCUT2D eigenvalue weighted by Gasteiger charge is -2.12. The molecule has 1 aromatic carbocycles. The molecule has 11 heteroatoms. The molecule has 0 radical (unpaired) electrons. The molecule has 3 amide bonds. The fraction of sp³-hybridized carbons (Fsp3) is 0.227. The molecule has 4 rings (SSSR count). The molecule has 8 nitrogen and oxygen atoms in total. The van der Waals surface area contributed by atoms with Crippen LogP contribution in [0.15, 0.2) is 51.2 Å². The molecule has 1 saturated heterocycles. The van der Waals surface area contributed by atoms with E-state index in [4.69, 9.17) is 4.52 Å². The number of halogens is 1. The first kappa shape index (κ1) is 22.9. The van der Waals surface area contributed by atoms with Crippen molar-refractivity contribution in [3.05, 3.63) is 64.0 Å². The fourth-order valence-electron chi connectivity index (χ4n) is 3.08. The van der Waals surface area contributed by atoms with E-state index in [-0.39, 0.29) is 35.9 Å². The number of imide groups is 1. The fourth-order valence-corrected chi connectivity index (χ4v) is 4.59. The summed E-state index contributed by atoms with van der Waals surface area (Å²) in [5, 5.41) is 8.11. The number of benzene rings is 1. The highest BCUT2D eigenvalue weighted by molar-refractivity contribution is 8.18. The predicted molar refractivity (Wildman–Crippen MR) is 123 cm³/mol. The molecule has 3 aromatic rings. The quantitative estimate of drug-likeness (QED) is 0.454. The zero-order valence-electron chi connectivity index (χ0n) is 17.3. The van der Waals surface area contributed by atoms with Gasteiger partial charge in [0.15, 0.2) is 0 Å². The SMILES string of the molecule is O=C(CCCc1nc(-c2cccs2)no1)NCCN1C(=O)S/C(=C\c2ccccc2F)C1=O. The molecule has 1 aliphatic rings. The van der Waals surface area contributed by atoms with Gasteiger partial charge in [0, 0.05) is 31.5 Å². The number of carbonyl (C=O) groups excluding carboxylic acids is 3. The van der Waals surface area contributed by atoms with Crippen molar-refractivity contribution in [2.75, 3.05) is 13.1 Å². The second-order valence-electron chi connectivity index (χ2n) is 7.05. The Kier molecular flexibility index (Phi) is 7.30. The minimum Gasteiger partial charge on any atom is -0.354 e. The van der Waals surface area contributed by atoms with Crippen LogP contribution in [-0.4, -0.2) is 45.2 Å². The van der Waals surface area contributed by atoms with E-state index in [1.807, 2.05) is 17.5 Å². The minimum atomic E-state index is -0.500. The van der Waals surface area contributed by atoms with Gasteiger partial charge in [-0.1, -0.05) is 29.4 Å². The van der Waals surface area contributed by atoms with E-state index in [1.165, 1.54) is 29.5 Å². The maximum Gasteiger partial charge on any atom is 0.293 e. The van der Waals surface area contributed by atoms with Crippen LogP contribution in [0.25, 0.3) is 16.8 Å².